The number of benzene rings is 12. The zero-order chi connectivity index (χ0) is 58.4. The molecule has 15 aromatic rings. The Morgan fingerprint density at radius 2 is 0.420 bits per heavy atom. The van der Waals surface area contributed by atoms with Crippen LogP contribution in [0.5, 0.6) is 0 Å². The summed E-state index contributed by atoms with van der Waals surface area (Å²) in [5.41, 5.74) is 15.7. The fourth-order valence-corrected chi connectivity index (χ4v) is 10.9. The average molecular weight is 1310 g/mol. The van der Waals surface area contributed by atoms with E-state index in [4.69, 9.17) is 0 Å². The molecular weight excluding hydrogens is 1250 g/mol. The Bertz CT molecular complexity index is 4040. The van der Waals surface area contributed by atoms with Gasteiger partial charge in [0.15, 0.2) is 0 Å². The smallest absolute Gasteiger partial charge is 0.352 e. The van der Waals surface area contributed by atoms with Crippen molar-refractivity contribution in [3.63, 3.8) is 0 Å². The maximum atomic E-state index is 4.62. The molecule has 12 aromatic carbocycles. The summed E-state index contributed by atoms with van der Waals surface area (Å²) < 4.78 is 0. The van der Waals surface area contributed by atoms with E-state index < -0.39 is 0 Å². The van der Waals surface area contributed by atoms with Gasteiger partial charge in [0.05, 0.1) is 0 Å². The SMILES string of the molecule is [Ir+3].[c-]1cc(N(c2ccccc2)c2ccccc2)ccc1-c1nccc2ccccc12.[c-]1cc(N(c2ccccc2)c2ccccc2)ccc1-c1nccc2ccccc12.[c-]1cc(N(c2ccccc2)c2ccccc2)ccc1-c1nccc2ccccc12. The van der Waals surface area contributed by atoms with Gasteiger partial charge in [-0.25, -0.2) is 0 Å². The zero-order valence-electron chi connectivity index (χ0n) is 47.9. The van der Waals surface area contributed by atoms with E-state index in [1.54, 1.807) is 0 Å². The van der Waals surface area contributed by atoms with Crippen LogP contribution in [0.4, 0.5) is 51.2 Å². The number of hydrogen-bond donors (Lipinski definition) is 0. The second-order valence-electron chi connectivity index (χ2n) is 20.5. The summed E-state index contributed by atoms with van der Waals surface area (Å²) in [6.07, 6.45) is 5.58. The van der Waals surface area contributed by atoms with Gasteiger partial charge in [-0.05, 0) is 157 Å². The van der Waals surface area contributed by atoms with Crippen LogP contribution in [0.25, 0.3) is 66.1 Å². The van der Waals surface area contributed by atoms with Gasteiger partial charge in [-0.2, -0.15) is 0 Å². The summed E-state index contributed by atoms with van der Waals surface area (Å²) in [6, 6.07) is 123. The fraction of sp³-hybridized carbons (Fsp3) is 0. The van der Waals surface area contributed by atoms with E-state index in [2.05, 4.69) is 303 Å². The largest absolute Gasteiger partial charge is 3.00 e. The minimum absolute atomic E-state index is 0. The molecule has 0 radical (unpaired) electrons. The molecule has 0 aliphatic carbocycles. The second kappa shape index (κ2) is 27.7. The number of rotatable bonds is 12. The summed E-state index contributed by atoms with van der Waals surface area (Å²) in [4.78, 5) is 20.6. The van der Waals surface area contributed by atoms with E-state index in [0.717, 1.165) is 101 Å². The normalized spacial score (nSPS) is 10.6. The van der Waals surface area contributed by atoms with E-state index in [0.29, 0.717) is 0 Å². The standard InChI is InChI=1S/3C27H19N2.Ir/c3*1-3-10-23(11-4-1)29(24-12-5-2-6-13-24)25-17-15-22(16-18-25)27-26-14-8-7-9-21(26)19-20-28-27;/h3*1-15,17-20H;/q3*-1;+3. The second-order valence-corrected chi connectivity index (χ2v) is 20.5. The number of nitrogens with zero attached hydrogens (tertiary/aromatic N) is 6. The van der Waals surface area contributed by atoms with Crippen LogP contribution in [0, 0.1) is 18.2 Å². The summed E-state index contributed by atoms with van der Waals surface area (Å²) in [5.74, 6) is 0. The van der Waals surface area contributed by atoms with Crippen molar-refractivity contribution >= 4 is 83.5 Å². The first-order valence-electron chi connectivity index (χ1n) is 29.0. The van der Waals surface area contributed by atoms with Crippen LogP contribution in [-0.2, 0) is 20.1 Å². The van der Waals surface area contributed by atoms with Crippen molar-refractivity contribution in [3.05, 3.63) is 364 Å². The van der Waals surface area contributed by atoms with Gasteiger partial charge in [0, 0.05) is 52.7 Å². The number of pyridine rings is 3. The third kappa shape index (κ3) is 12.9. The number of fused-ring (bicyclic) bond motifs is 3. The monoisotopic (exact) mass is 1310 g/mol. The molecule has 0 fully saturated rings. The van der Waals surface area contributed by atoms with Gasteiger partial charge < -0.3 is 29.7 Å². The summed E-state index contributed by atoms with van der Waals surface area (Å²) in [6.45, 7) is 0. The first-order valence-corrected chi connectivity index (χ1v) is 29.0. The van der Waals surface area contributed by atoms with Gasteiger partial charge >= 0.3 is 20.1 Å². The Hall–Kier alpha value is -11.1. The van der Waals surface area contributed by atoms with Crippen molar-refractivity contribution in [3.8, 4) is 33.8 Å². The first kappa shape index (κ1) is 57.4. The molecule has 0 aliphatic rings. The van der Waals surface area contributed by atoms with Crippen molar-refractivity contribution in [2.75, 3.05) is 14.7 Å². The van der Waals surface area contributed by atoms with Crippen molar-refractivity contribution in [1.82, 2.24) is 15.0 Å². The van der Waals surface area contributed by atoms with Gasteiger partial charge in [-0.3, -0.25) is 0 Å². The molecule has 0 amide bonds. The van der Waals surface area contributed by atoms with Crippen LogP contribution in [0.3, 0.4) is 0 Å². The van der Waals surface area contributed by atoms with E-state index in [1.165, 1.54) is 16.2 Å². The topological polar surface area (TPSA) is 48.4 Å². The molecule has 0 spiro atoms. The molecular formula is C81H57IrN6. The molecule has 0 aliphatic heterocycles. The molecule has 0 saturated carbocycles. The maximum absolute atomic E-state index is 4.62. The van der Waals surface area contributed by atoms with Gasteiger partial charge in [-0.15, -0.1) is 89.5 Å². The van der Waals surface area contributed by atoms with Crippen molar-refractivity contribution in [2.24, 2.45) is 0 Å². The molecule has 7 heteroatoms. The van der Waals surface area contributed by atoms with Crippen LogP contribution < -0.4 is 14.7 Å². The van der Waals surface area contributed by atoms with Crippen LogP contribution in [0.2, 0.25) is 0 Å². The molecule has 0 atom stereocenters. The summed E-state index contributed by atoms with van der Waals surface area (Å²) in [5, 5.41) is 6.98. The first-order chi connectivity index (χ1) is 43.2. The zero-order valence-corrected chi connectivity index (χ0v) is 50.3. The van der Waals surface area contributed by atoms with E-state index in [9.17, 15) is 0 Å². The van der Waals surface area contributed by atoms with E-state index in [1.807, 2.05) is 91.4 Å². The molecule has 0 unspecified atom stereocenters. The van der Waals surface area contributed by atoms with Crippen molar-refractivity contribution < 1.29 is 20.1 Å². The predicted octanol–water partition coefficient (Wildman–Crippen LogP) is 21.5. The van der Waals surface area contributed by atoms with Gasteiger partial charge in [-0.1, -0.05) is 182 Å². The third-order valence-corrected chi connectivity index (χ3v) is 15.0. The number of anilines is 9. The molecule has 6 nitrogen and oxygen atoms in total. The van der Waals surface area contributed by atoms with Crippen LogP contribution in [-0.4, -0.2) is 15.0 Å². The molecule has 0 N–H and O–H groups in total. The quantitative estimate of drug-likeness (QED) is 0.114. The Morgan fingerprint density at radius 3 is 0.636 bits per heavy atom. The van der Waals surface area contributed by atoms with Gasteiger partial charge in [0.2, 0.25) is 0 Å². The molecule has 0 saturated heterocycles. The number of hydrogen-bond acceptors (Lipinski definition) is 6. The fourth-order valence-electron chi connectivity index (χ4n) is 10.9. The third-order valence-electron chi connectivity index (χ3n) is 15.0. The molecule has 420 valence electrons. The Kier molecular flexibility index (Phi) is 18.1. The molecule has 3 heterocycles. The Balaban J connectivity index is 0.000000128. The van der Waals surface area contributed by atoms with E-state index >= 15 is 0 Å². The summed E-state index contributed by atoms with van der Waals surface area (Å²) >= 11 is 0. The molecule has 3 aromatic heterocycles. The van der Waals surface area contributed by atoms with Crippen molar-refractivity contribution in [1.29, 1.82) is 0 Å². The minimum Gasteiger partial charge on any atom is -0.352 e. The van der Waals surface area contributed by atoms with Crippen molar-refractivity contribution in [2.45, 2.75) is 0 Å². The van der Waals surface area contributed by atoms with Crippen LogP contribution in [0.15, 0.2) is 346 Å². The van der Waals surface area contributed by atoms with Crippen LogP contribution >= 0.6 is 0 Å². The molecule has 15 rings (SSSR count). The Morgan fingerprint density at radius 1 is 0.205 bits per heavy atom. The number of para-hydroxylation sites is 6. The van der Waals surface area contributed by atoms with Gasteiger partial charge in [0.25, 0.3) is 0 Å². The Labute approximate surface area is 528 Å². The van der Waals surface area contributed by atoms with Crippen LogP contribution in [0.1, 0.15) is 0 Å². The predicted molar refractivity (Wildman–Crippen MR) is 362 cm³/mol. The average Bonchev–Trinajstić information content (AvgIpc) is 2.81. The summed E-state index contributed by atoms with van der Waals surface area (Å²) in [7, 11) is 0. The van der Waals surface area contributed by atoms with Gasteiger partial charge in [0.1, 0.15) is 0 Å². The minimum atomic E-state index is 0. The van der Waals surface area contributed by atoms with E-state index in [-0.39, 0.29) is 20.1 Å². The maximum Gasteiger partial charge on any atom is 3.00 e. The number of aromatic nitrogens is 3. The molecule has 88 heavy (non-hydrogen) atoms. The molecule has 0 bridgehead atoms.